The normalized spacial score (nSPS) is 9.00. The molecular formula is C6H6N4O8. The van der Waals surface area contributed by atoms with Crippen LogP contribution in [0.3, 0.4) is 0 Å². The highest BCUT2D eigenvalue weighted by Crippen LogP contribution is 2.38. The molecule has 0 saturated carbocycles. The van der Waals surface area contributed by atoms with E-state index in [-0.39, 0.29) is 0 Å². The molecule has 0 bridgehead atoms. The van der Waals surface area contributed by atoms with Gasteiger partial charge in [-0.05, 0) is 0 Å². The molecule has 0 aliphatic heterocycles. The number of non-ortho nitro benzene ring substituents is 1. The summed E-state index contributed by atoms with van der Waals surface area (Å²) in [5, 5.41) is 46.7. The summed E-state index contributed by atoms with van der Waals surface area (Å²) in [6, 6.07) is 0.894. The Labute approximate surface area is 97.3 Å². The van der Waals surface area contributed by atoms with Crippen LogP contribution >= 0.6 is 0 Å². The second-order valence-corrected chi connectivity index (χ2v) is 2.60. The fourth-order valence-electron chi connectivity index (χ4n) is 0.974. The first-order chi connectivity index (χ1) is 8.34. The molecule has 1 aromatic carbocycles. The summed E-state index contributed by atoms with van der Waals surface area (Å²) in [6.45, 7) is 0. The number of nitrogens with two attached hydrogens (primary N) is 1. The van der Waals surface area contributed by atoms with Gasteiger partial charge in [-0.2, -0.15) is 0 Å². The van der Waals surface area contributed by atoms with Crippen LogP contribution in [-0.4, -0.2) is 25.1 Å². The Morgan fingerprint density at radius 2 is 1.22 bits per heavy atom. The summed E-state index contributed by atoms with van der Waals surface area (Å²) in [6.07, 6.45) is 0. The Morgan fingerprint density at radius 1 is 0.889 bits per heavy atom. The largest absolute Gasteiger partial charge is 0.497 e. The molecule has 0 amide bonds. The van der Waals surface area contributed by atoms with E-state index in [2.05, 4.69) is 5.90 Å². The van der Waals surface area contributed by atoms with Gasteiger partial charge >= 0.3 is 11.4 Å². The van der Waals surface area contributed by atoms with E-state index in [4.69, 9.17) is 10.3 Å². The van der Waals surface area contributed by atoms with Crippen molar-refractivity contribution in [2.24, 2.45) is 5.90 Å². The quantitative estimate of drug-likeness (QED) is 0.511. The Morgan fingerprint density at radius 3 is 1.44 bits per heavy atom. The molecule has 4 N–H and O–H groups in total. The zero-order valence-electron chi connectivity index (χ0n) is 8.42. The summed E-state index contributed by atoms with van der Waals surface area (Å²) >= 11 is 0. The van der Waals surface area contributed by atoms with E-state index < -0.39 is 37.6 Å². The fraction of sp³-hybridized carbons (Fsp3) is 0. The average molecular weight is 262 g/mol. The van der Waals surface area contributed by atoms with Crippen LogP contribution in [0.4, 0.5) is 17.1 Å². The van der Waals surface area contributed by atoms with Crippen LogP contribution in [0.2, 0.25) is 0 Å². The van der Waals surface area contributed by atoms with Gasteiger partial charge in [0.25, 0.3) is 11.4 Å². The molecule has 0 fully saturated rings. The lowest BCUT2D eigenvalue weighted by Crippen LogP contribution is -1.97. The standard InChI is InChI=1S/C6H3N3O7.H3NO/c10-6-4(8(13)14)1-3(7(11)12)2-5(6)9(15)16;1-2/h1-2,10H;2H,1H2. The number of rotatable bonds is 3. The molecule has 0 aliphatic carbocycles. The molecule has 1 rings (SSSR count). The zero-order chi connectivity index (χ0) is 14.5. The van der Waals surface area contributed by atoms with Crippen LogP contribution < -0.4 is 5.90 Å². The number of hydrogen-bond acceptors (Lipinski definition) is 9. The Kier molecular flexibility index (Phi) is 5.06. The number of nitrogens with zero attached hydrogens (tertiary/aromatic N) is 3. The van der Waals surface area contributed by atoms with Crippen molar-refractivity contribution < 1.29 is 25.1 Å². The predicted octanol–water partition coefficient (Wildman–Crippen LogP) is 0.451. The second-order valence-electron chi connectivity index (χ2n) is 2.60. The molecule has 1 aromatic rings. The van der Waals surface area contributed by atoms with Gasteiger partial charge in [0, 0.05) is 0 Å². The van der Waals surface area contributed by atoms with Crippen molar-refractivity contribution in [2.45, 2.75) is 0 Å². The number of nitro groups is 3. The number of benzene rings is 1. The first-order valence-electron chi connectivity index (χ1n) is 3.90. The van der Waals surface area contributed by atoms with Crippen molar-refractivity contribution in [3.63, 3.8) is 0 Å². The molecule has 0 saturated heterocycles. The van der Waals surface area contributed by atoms with E-state index in [9.17, 15) is 30.3 Å². The highest BCUT2D eigenvalue weighted by molar-refractivity contribution is 5.64. The maximum Gasteiger partial charge on any atom is 0.324 e. The molecule has 0 atom stereocenters. The lowest BCUT2D eigenvalue weighted by atomic mass is 10.2. The third-order valence-electron chi connectivity index (χ3n) is 1.66. The van der Waals surface area contributed by atoms with E-state index in [1.807, 2.05) is 0 Å². The van der Waals surface area contributed by atoms with Crippen LogP contribution in [0.1, 0.15) is 0 Å². The van der Waals surface area contributed by atoms with Crippen molar-refractivity contribution in [3.8, 4) is 5.75 Å². The molecule has 0 aliphatic rings. The number of phenols is 1. The van der Waals surface area contributed by atoms with Crippen molar-refractivity contribution in [3.05, 3.63) is 42.5 Å². The van der Waals surface area contributed by atoms with Crippen LogP contribution in [0.5, 0.6) is 5.75 Å². The summed E-state index contributed by atoms with van der Waals surface area (Å²) in [5.74, 6) is 2.29. The lowest BCUT2D eigenvalue weighted by Gasteiger charge is -1.97. The van der Waals surface area contributed by atoms with Gasteiger partial charge in [-0.1, -0.05) is 0 Å². The van der Waals surface area contributed by atoms with Gasteiger partial charge in [-0.3, -0.25) is 30.3 Å². The smallest absolute Gasteiger partial charge is 0.324 e. The summed E-state index contributed by atoms with van der Waals surface area (Å²) < 4.78 is 0. The van der Waals surface area contributed by atoms with Crippen LogP contribution in [0.15, 0.2) is 12.1 Å². The van der Waals surface area contributed by atoms with Gasteiger partial charge < -0.3 is 10.3 Å². The average Bonchev–Trinajstić information content (AvgIpc) is 2.30. The summed E-state index contributed by atoms with van der Waals surface area (Å²) in [7, 11) is 0. The topological polar surface area (TPSA) is 196 Å². The molecule has 18 heavy (non-hydrogen) atoms. The van der Waals surface area contributed by atoms with Crippen LogP contribution in [0, 0.1) is 30.3 Å². The minimum atomic E-state index is -1.21. The first kappa shape index (κ1) is 15.1. The maximum atomic E-state index is 10.4. The highest BCUT2D eigenvalue weighted by atomic mass is 16.6. The minimum absolute atomic E-state index is 0.447. The summed E-state index contributed by atoms with van der Waals surface area (Å²) in [4.78, 5) is 27.8. The number of hydrogen-bond donors (Lipinski definition) is 3. The first-order valence-corrected chi connectivity index (χ1v) is 3.90. The molecule has 0 spiro atoms. The SMILES string of the molecule is NO.O=[N+]([O-])c1cc([N+](=O)[O-])c(O)c([N+](=O)[O-])c1. The van der Waals surface area contributed by atoms with Crippen molar-refractivity contribution in [1.82, 2.24) is 0 Å². The predicted molar refractivity (Wildman–Crippen MR) is 54.0 cm³/mol. The zero-order valence-corrected chi connectivity index (χ0v) is 8.42. The van der Waals surface area contributed by atoms with Gasteiger partial charge in [-0.25, -0.2) is 5.90 Å². The van der Waals surface area contributed by atoms with Crippen molar-refractivity contribution in [1.29, 1.82) is 0 Å². The van der Waals surface area contributed by atoms with E-state index in [1.54, 1.807) is 0 Å². The number of aromatic hydroxyl groups is 1. The summed E-state index contributed by atoms with van der Waals surface area (Å²) in [5.41, 5.74) is -3.00. The van der Waals surface area contributed by atoms with Crippen molar-refractivity contribution in [2.75, 3.05) is 0 Å². The lowest BCUT2D eigenvalue weighted by molar-refractivity contribution is -0.404. The molecule has 0 heterocycles. The van der Waals surface area contributed by atoms with Gasteiger partial charge in [0.1, 0.15) is 0 Å². The van der Waals surface area contributed by atoms with Crippen LogP contribution in [-0.2, 0) is 0 Å². The fourth-order valence-corrected chi connectivity index (χ4v) is 0.974. The van der Waals surface area contributed by atoms with E-state index in [0.29, 0.717) is 12.1 Å². The molecule has 0 aromatic heterocycles. The van der Waals surface area contributed by atoms with Gasteiger partial charge in [0.05, 0.1) is 26.9 Å². The highest BCUT2D eigenvalue weighted by Gasteiger charge is 2.29. The van der Waals surface area contributed by atoms with E-state index >= 15 is 0 Å². The van der Waals surface area contributed by atoms with E-state index in [1.165, 1.54) is 0 Å². The third kappa shape index (κ3) is 3.06. The van der Waals surface area contributed by atoms with Gasteiger partial charge in [0.2, 0.25) is 0 Å². The third-order valence-corrected chi connectivity index (χ3v) is 1.66. The van der Waals surface area contributed by atoms with Gasteiger partial charge in [-0.15, -0.1) is 0 Å². The molecule has 12 heteroatoms. The molecule has 0 unspecified atom stereocenters. The molecule has 98 valence electrons. The van der Waals surface area contributed by atoms with Crippen LogP contribution in [0.25, 0.3) is 0 Å². The Hall–Kier alpha value is -2.86. The van der Waals surface area contributed by atoms with Crippen molar-refractivity contribution >= 4 is 17.1 Å². The second kappa shape index (κ2) is 6.02. The Bertz CT molecular complexity index is 465. The molecule has 12 nitrogen and oxygen atoms in total. The molecule has 0 radical (unpaired) electrons. The monoisotopic (exact) mass is 262 g/mol. The maximum absolute atomic E-state index is 10.4. The van der Waals surface area contributed by atoms with E-state index in [0.717, 1.165) is 0 Å². The van der Waals surface area contributed by atoms with Gasteiger partial charge in [0.15, 0.2) is 0 Å². The Balaban J connectivity index is 0.00000137. The number of phenolic OH excluding ortho intramolecular Hbond substituents is 1. The number of nitro benzene ring substituents is 3. The molecular weight excluding hydrogens is 256 g/mol. The minimum Gasteiger partial charge on any atom is -0.497 e.